The van der Waals surface area contributed by atoms with Crippen LogP contribution < -0.4 is 24.8 Å². The molecule has 376 valence electrons. The zero-order chi connectivity index (χ0) is 50.2. The molecule has 14 nitrogen and oxygen atoms in total. The van der Waals surface area contributed by atoms with Crippen molar-refractivity contribution >= 4 is 37.4 Å². The number of halogens is 3. The summed E-state index contributed by atoms with van der Waals surface area (Å²) in [5.41, 5.74) is 4.13. The topological polar surface area (TPSA) is 176 Å². The Morgan fingerprint density at radius 2 is 1.64 bits per heavy atom. The van der Waals surface area contributed by atoms with Crippen molar-refractivity contribution < 1.29 is 60.6 Å². The van der Waals surface area contributed by atoms with Gasteiger partial charge in [-0.2, -0.15) is 0 Å². The Balaban J connectivity index is 1.42. The SMILES string of the molecule is CCCCOc1noc2c1C(=O)[C@@]1(O[Si](C)(C)C(C)(C)C)C(=O)C3=C(O)c4c(c(OC(F)(F)F)c5c(c4OCCCC)N(C(=O)OC(C)(C)C)CC4CCN(Cc6ccccc6)C54)C[C@H]3C[C@H]1[C@@H]2N. The van der Waals surface area contributed by atoms with E-state index in [4.69, 9.17) is 33.6 Å². The number of ketones is 2. The number of aliphatic hydroxyl groups is 1. The zero-order valence-electron chi connectivity index (χ0n) is 41.4. The van der Waals surface area contributed by atoms with Gasteiger partial charge in [0, 0.05) is 41.7 Å². The van der Waals surface area contributed by atoms with Gasteiger partial charge in [0.2, 0.25) is 11.6 Å². The molecule has 6 atom stereocenters. The Morgan fingerprint density at radius 1 is 0.971 bits per heavy atom. The lowest BCUT2D eigenvalue weighted by molar-refractivity contribution is -0.275. The first-order chi connectivity index (χ1) is 32.3. The van der Waals surface area contributed by atoms with Crippen molar-refractivity contribution in [3.8, 4) is 17.4 Å². The number of hydrogen-bond donors (Lipinski definition) is 2. The molecule has 2 unspecified atom stereocenters. The molecule has 0 radical (unpaired) electrons. The monoisotopic (exact) mass is 980 g/mol. The number of carbonyl (C=O) groups excluding carboxylic acids is 3. The maximum absolute atomic E-state index is 16.0. The summed E-state index contributed by atoms with van der Waals surface area (Å²) in [6.07, 6.45) is -3.27. The minimum atomic E-state index is -5.25. The van der Waals surface area contributed by atoms with Gasteiger partial charge >= 0.3 is 12.5 Å². The number of carbonyl (C=O) groups is 3. The number of fused-ring (bicyclic) bond motifs is 7. The summed E-state index contributed by atoms with van der Waals surface area (Å²) in [6, 6.07) is 7.73. The number of alkyl halides is 3. The Bertz CT molecular complexity index is 2510. The van der Waals surface area contributed by atoms with E-state index in [9.17, 15) is 9.90 Å². The van der Waals surface area contributed by atoms with Crippen molar-refractivity contribution in [1.29, 1.82) is 0 Å². The highest BCUT2D eigenvalue weighted by Crippen LogP contribution is 2.63. The van der Waals surface area contributed by atoms with Gasteiger partial charge in [-0.1, -0.05) is 77.8 Å². The molecule has 5 aliphatic rings. The number of nitrogens with two attached hydrogens (primary N) is 1. The molecule has 2 fully saturated rings. The van der Waals surface area contributed by atoms with Crippen LogP contribution in [0.2, 0.25) is 18.1 Å². The molecular formula is C51H67F3N4O10Si. The second-order valence-corrected chi connectivity index (χ2v) is 26.5. The molecule has 3 aliphatic carbocycles. The minimum Gasteiger partial charge on any atom is -0.507 e. The Kier molecular flexibility index (Phi) is 13.4. The van der Waals surface area contributed by atoms with Gasteiger partial charge in [0.25, 0.3) is 5.88 Å². The number of ether oxygens (including phenoxy) is 4. The van der Waals surface area contributed by atoms with E-state index < -0.39 is 84.0 Å². The van der Waals surface area contributed by atoms with Gasteiger partial charge in [0.1, 0.15) is 22.7 Å². The standard InChI is InChI=1S/C51H67F3N4O10Si/c1-11-13-22-63-43-34-31(41(65-51(52,53)54)35-38-29(20-21-57(38)26-28-18-16-15-17-19-28)27-58(39(35)43)47(62)66-48(3,4)5)24-30-25-32-37(55)42-36(46(56-67-42)64-23-14-12-2)45(61)50(32,44(60)33(30)40(34)59)68-69(9,10)49(6,7)8/h15-19,29-30,32,37-38,59H,11-14,20-27,55H2,1-10H3/t29?,30-,32-,37-,38?,50-/m0/s1. The van der Waals surface area contributed by atoms with E-state index in [1.807, 2.05) is 78.0 Å². The lowest BCUT2D eigenvalue weighted by atomic mass is 9.57. The Hall–Kier alpha value is -4.91. The number of anilines is 1. The van der Waals surface area contributed by atoms with Crippen molar-refractivity contribution in [2.45, 2.75) is 155 Å². The van der Waals surface area contributed by atoms with Crippen molar-refractivity contribution in [3.63, 3.8) is 0 Å². The largest absolute Gasteiger partial charge is 0.573 e. The molecule has 69 heavy (non-hydrogen) atoms. The van der Waals surface area contributed by atoms with Crippen LogP contribution in [0.5, 0.6) is 17.4 Å². The molecule has 1 saturated carbocycles. The van der Waals surface area contributed by atoms with Crippen LogP contribution in [-0.2, 0) is 26.9 Å². The molecule has 1 saturated heterocycles. The fourth-order valence-electron chi connectivity index (χ4n) is 10.7. The number of unbranched alkanes of at least 4 members (excludes halogenated alkanes) is 2. The summed E-state index contributed by atoms with van der Waals surface area (Å²) in [4.78, 5) is 49.5. The van der Waals surface area contributed by atoms with Gasteiger partial charge in [0.05, 0.1) is 30.5 Å². The van der Waals surface area contributed by atoms with Gasteiger partial charge in [0.15, 0.2) is 25.4 Å². The van der Waals surface area contributed by atoms with E-state index in [0.717, 1.165) is 12.0 Å². The zero-order valence-corrected chi connectivity index (χ0v) is 42.4. The molecule has 1 aromatic heterocycles. The number of aliphatic hydroxyl groups excluding tert-OH is 1. The molecule has 0 bridgehead atoms. The number of nitrogens with zero attached hydrogens (tertiary/aromatic N) is 3. The molecule has 3 N–H and O–H groups in total. The smallest absolute Gasteiger partial charge is 0.507 e. The maximum atomic E-state index is 16.0. The second-order valence-electron chi connectivity index (χ2n) is 21.8. The van der Waals surface area contributed by atoms with E-state index in [0.29, 0.717) is 38.8 Å². The van der Waals surface area contributed by atoms with E-state index in [1.54, 1.807) is 20.8 Å². The predicted molar refractivity (Wildman–Crippen MR) is 254 cm³/mol. The average molecular weight is 981 g/mol. The lowest BCUT2D eigenvalue weighted by Crippen LogP contribution is -2.68. The number of rotatable bonds is 13. The maximum Gasteiger partial charge on any atom is 0.573 e. The fraction of sp³-hybridized carbons (Fsp3) is 0.608. The Morgan fingerprint density at radius 3 is 2.26 bits per heavy atom. The van der Waals surface area contributed by atoms with Crippen LogP contribution in [0.25, 0.3) is 5.76 Å². The van der Waals surface area contributed by atoms with Crippen LogP contribution in [-0.4, -0.2) is 85.0 Å². The van der Waals surface area contributed by atoms with Crippen LogP contribution in [0.3, 0.4) is 0 Å². The third kappa shape index (κ3) is 8.96. The minimum absolute atomic E-state index is 0.0152. The van der Waals surface area contributed by atoms with Crippen molar-refractivity contribution in [3.05, 3.63) is 69.5 Å². The molecule has 18 heteroatoms. The van der Waals surface area contributed by atoms with Crippen molar-refractivity contribution in [1.82, 2.24) is 10.1 Å². The first-order valence-electron chi connectivity index (χ1n) is 24.4. The van der Waals surface area contributed by atoms with Gasteiger partial charge < -0.3 is 38.7 Å². The Labute approximate surface area is 403 Å². The van der Waals surface area contributed by atoms with Gasteiger partial charge in [-0.25, -0.2) is 4.79 Å². The number of amides is 1. The summed E-state index contributed by atoms with van der Waals surface area (Å²) in [5, 5.41) is 16.6. The van der Waals surface area contributed by atoms with Crippen LogP contribution >= 0.6 is 0 Å². The molecule has 3 aromatic rings. The molecule has 2 aromatic carbocycles. The molecule has 3 heterocycles. The van der Waals surface area contributed by atoms with Gasteiger partial charge in [-0.3, -0.25) is 19.4 Å². The first-order valence-corrected chi connectivity index (χ1v) is 27.3. The van der Waals surface area contributed by atoms with E-state index in [2.05, 4.69) is 10.1 Å². The molecule has 2 aliphatic heterocycles. The van der Waals surface area contributed by atoms with Crippen molar-refractivity contribution in [2.24, 2.45) is 23.5 Å². The number of aromatic nitrogens is 1. The number of benzene rings is 2. The highest BCUT2D eigenvalue weighted by atomic mass is 28.4. The summed E-state index contributed by atoms with van der Waals surface area (Å²) >= 11 is 0. The summed E-state index contributed by atoms with van der Waals surface area (Å²) in [6.45, 7) is 19.9. The quantitative estimate of drug-likeness (QED) is 0.0941. The van der Waals surface area contributed by atoms with E-state index in [1.165, 1.54) is 4.90 Å². The van der Waals surface area contributed by atoms with Crippen LogP contribution in [0, 0.1) is 17.8 Å². The lowest BCUT2D eigenvalue weighted by Gasteiger charge is -2.53. The van der Waals surface area contributed by atoms with Gasteiger partial charge in [-0.15, -0.1) is 13.2 Å². The third-order valence-corrected chi connectivity index (χ3v) is 19.3. The average Bonchev–Trinajstić information content (AvgIpc) is 3.87. The third-order valence-electron chi connectivity index (χ3n) is 14.9. The van der Waals surface area contributed by atoms with Crippen molar-refractivity contribution in [2.75, 3.05) is 31.2 Å². The van der Waals surface area contributed by atoms with E-state index >= 15 is 22.8 Å². The van der Waals surface area contributed by atoms with Crippen LogP contribution in [0.15, 0.2) is 40.4 Å². The highest BCUT2D eigenvalue weighted by molar-refractivity contribution is 6.74. The first kappa shape index (κ1) is 50.5. The fourth-order valence-corrected chi connectivity index (χ4v) is 12.1. The van der Waals surface area contributed by atoms with E-state index in [-0.39, 0.29) is 89.4 Å². The number of likely N-dealkylation sites (tertiary alicyclic amines) is 1. The molecular weight excluding hydrogens is 914 g/mol. The van der Waals surface area contributed by atoms with Crippen LogP contribution in [0.1, 0.15) is 144 Å². The summed E-state index contributed by atoms with van der Waals surface area (Å²) < 4.78 is 82.4. The summed E-state index contributed by atoms with van der Waals surface area (Å²) in [7, 11) is -3.13. The highest BCUT2D eigenvalue weighted by Gasteiger charge is 2.68. The normalized spacial score (nSPS) is 24.8. The molecule has 0 spiro atoms. The summed E-state index contributed by atoms with van der Waals surface area (Å²) in [5.74, 6) is -5.57. The predicted octanol–water partition coefficient (Wildman–Crippen LogP) is 10.9. The molecule has 8 rings (SSSR count). The van der Waals surface area contributed by atoms with Gasteiger partial charge in [-0.05, 0) is 100 Å². The number of Topliss-reactive ketones (excluding diaryl/α,β-unsaturated/α-hetero) is 2. The second kappa shape index (κ2) is 18.4. The van der Waals surface area contributed by atoms with Crippen LogP contribution in [0.4, 0.5) is 23.7 Å². The number of hydrogen-bond acceptors (Lipinski definition) is 13. The molecule has 1 amide bonds.